The lowest BCUT2D eigenvalue weighted by molar-refractivity contribution is -0.167. The van der Waals surface area contributed by atoms with Crippen LogP contribution in [0.3, 0.4) is 0 Å². The van der Waals surface area contributed by atoms with Crippen LogP contribution in [0.1, 0.15) is 239 Å². The number of ether oxygens (including phenoxy) is 3. The van der Waals surface area contributed by atoms with Crippen LogP contribution in [0.5, 0.6) is 0 Å². The Balaban J connectivity index is 4.41. The zero-order chi connectivity index (χ0) is 44.4. The number of allylic oxidation sites excluding steroid dienone is 12. The number of carbonyl (C=O) groups excluding carboxylic acids is 3. The summed E-state index contributed by atoms with van der Waals surface area (Å²) in [6.45, 7) is 6.38. The van der Waals surface area contributed by atoms with E-state index in [0.29, 0.717) is 19.3 Å². The Morgan fingerprint density at radius 2 is 0.639 bits per heavy atom. The first-order valence-corrected chi connectivity index (χ1v) is 25.4. The molecule has 0 radical (unpaired) electrons. The van der Waals surface area contributed by atoms with Gasteiger partial charge in [-0.25, -0.2) is 0 Å². The van der Waals surface area contributed by atoms with Crippen molar-refractivity contribution in [3.63, 3.8) is 0 Å². The van der Waals surface area contributed by atoms with E-state index < -0.39 is 6.10 Å². The average molecular weight is 851 g/mol. The van der Waals surface area contributed by atoms with E-state index in [-0.39, 0.29) is 31.1 Å². The summed E-state index contributed by atoms with van der Waals surface area (Å²) in [6, 6.07) is 0. The lowest BCUT2D eigenvalue weighted by atomic mass is 10.1. The van der Waals surface area contributed by atoms with E-state index in [1.165, 1.54) is 83.5 Å². The maximum absolute atomic E-state index is 12.8. The summed E-state index contributed by atoms with van der Waals surface area (Å²) in [6.07, 6.45) is 61.7. The first kappa shape index (κ1) is 57.9. The Morgan fingerprint density at radius 3 is 1.02 bits per heavy atom. The van der Waals surface area contributed by atoms with Crippen molar-refractivity contribution >= 4 is 17.9 Å². The van der Waals surface area contributed by atoms with Crippen LogP contribution in [-0.4, -0.2) is 37.2 Å². The van der Waals surface area contributed by atoms with E-state index in [4.69, 9.17) is 14.2 Å². The van der Waals surface area contributed by atoms with Crippen LogP contribution in [-0.2, 0) is 28.6 Å². The first-order valence-electron chi connectivity index (χ1n) is 25.4. The third kappa shape index (κ3) is 47.7. The van der Waals surface area contributed by atoms with Crippen LogP contribution < -0.4 is 0 Å². The van der Waals surface area contributed by atoms with Gasteiger partial charge < -0.3 is 14.2 Å². The highest BCUT2D eigenvalue weighted by molar-refractivity contribution is 5.71. The number of carbonyl (C=O) groups is 3. The Kier molecular flexibility index (Phi) is 46.9. The van der Waals surface area contributed by atoms with E-state index in [2.05, 4.69) is 93.7 Å². The molecule has 0 amide bonds. The van der Waals surface area contributed by atoms with E-state index in [9.17, 15) is 14.4 Å². The summed E-state index contributed by atoms with van der Waals surface area (Å²) in [7, 11) is 0. The van der Waals surface area contributed by atoms with Gasteiger partial charge in [0, 0.05) is 19.3 Å². The van der Waals surface area contributed by atoms with Crippen LogP contribution in [0.4, 0.5) is 0 Å². The molecule has 0 aliphatic carbocycles. The lowest BCUT2D eigenvalue weighted by Crippen LogP contribution is -2.30. The summed E-state index contributed by atoms with van der Waals surface area (Å²) >= 11 is 0. The van der Waals surface area contributed by atoms with Crippen LogP contribution in [0.25, 0.3) is 0 Å². The van der Waals surface area contributed by atoms with Crippen LogP contribution >= 0.6 is 0 Å². The van der Waals surface area contributed by atoms with Gasteiger partial charge in [-0.3, -0.25) is 14.4 Å². The molecule has 1 unspecified atom stereocenters. The molecular formula is C55H94O6. The van der Waals surface area contributed by atoms with Gasteiger partial charge in [-0.05, 0) is 103 Å². The van der Waals surface area contributed by atoms with Crippen molar-refractivity contribution in [2.24, 2.45) is 0 Å². The molecule has 0 saturated carbocycles. The highest BCUT2D eigenvalue weighted by Gasteiger charge is 2.19. The van der Waals surface area contributed by atoms with E-state index in [0.717, 1.165) is 116 Å². The normalized spacial score (nSPS) is 12.6. The third-order valence-corrected chi connectivity index (χ3v) is 10.7. The predicted octanol–water partition coefficient (Wildman–Crippen LogP) is 16.6. The van der Waals surface area contributed by atoms with Gasteiger partial charge in [-0.1, -0.05) is 190 Å². The highest BCUT2D eigenvalue weighted by Crippen LogP contribution is 2.14. The second kappa shape index (κ2) is 49.5. The van der Waals surface area contributed by atoms with E-state index in [1.807, 2.05) is 0 Å². The highest BCUT2D eigenvalue weighted by atomic mass is 16.6. The third-order valence-electron chi connectivity index (χ3n) is 10.7. The van der Waals surface area contributed by atoms with Crippen molar-refractivity contribution in [3.05, 3.63) is 72.9 Å². The number of rotatable bonds is 45. The second-order valence-electron chi connectivity index (χ2n) is 16.7. The second-order valence-corrected chi connectivity index (χ2v) is 16.7. The topological polar surface area (TPSA) is 78.9 Å². The molecule has 0 rings (SSSR count). The van der Waals surface area contributed by atoms with Gasteiger partial charge in [0.25, 0.3) is 0 Å². The minimum Gasteiger partial charge on any atom is -0.462 e. The molecule has 350 valence electrons. The van der Waals surface area contributed by atoms with Crippen molar-refractivity contribution in [3.8, 4) is 0 Å². The fourth-order valence-electron chi connectivity index (χ4n) is 6.90. The molecule has 0 saturated heterocycles. The van der Waals surface area contributed by atoms with Gasteiger partial charge in [0.05, 0.1) is 0 Å². The van der Waals surface area contributed by atoms with Crippen molar-refractivity contribution in [1.29, 1.82) is 0 Å². The Morgan fingerprint density at radius 1 is 0.344 bits per heavy atom. The molecule has 0 aromatic heterocycles. The van der Waals surface area contributed by atoms with Crippen molar-refractivity contribution < 1.29 is 28.6 Å². The quantitative estimate of drug-likeness (QED) is 0.0263. The summed E-state index contributed by atoms with van der Waals surface area (Å²) in [5, 5.41) is 0. The van der Waals surface area contributed by atoms with Crippen molar-refractivity contribution in [2.45, 2.75) is 245 Å². The number of hydrogen-bond acceptors (Lipinski definition) is 6. The maximum atomic E-state index is 12.8. The first-order chi connectivity index (χ1) is 30.0. The molecule has 0 aromatic rings. The minimum absolute atomic E-state index is 0.0888. The molecule has 6 heteroatoms. The SMILES string of the molecule is CC/C=C\C/C=C\C/C=C\CCCCCCCCC(=O)OCC(COC(=O)CCCCCCC/C=C\C/C=C\CC)OC(=O)CCCCCCCCC/C=C\CCCCCC. The molecule has 0 N–H and O–H groups in total. The Labute approximate surface area is 376 Å². The number of hydrogen-bond donors (Lipinski definition) is 0. The van der Waals surface area contributed by atoms with Crippen LogP contribution in [0.15, 0.2) is 72.9 Å². The maximum Gasteiger partial charge on any atom is 0.306 e. The Hall–Kier alpha value is -3.15. The summed E-state index contributed by atoms with van der Waals surface area (Å²) in [5.74, 6) is -0.920. The zero-order valence-corrected chi connectivity index (χ0v) is 39.9. The van der Waals surface area contributed by atoms with E-state index >= 15 is 0 Å². The molecule has 0 spiro atoms. The molecule has 0 heterocycles. The fourth-order valence-corrected chi connectivity index (χ4v) is 6.90. The van der Waals surface area contributed by atoms with E-state index in [1.54, 1.807) is 0 Å². The standard InChI is InChI=1S/C55H94O6/c1-4-7-10-13-16-19-22-25-27-29-30-33-36-39-42-45-48-54(57)60-51-52(50-59-53(56)47-44-41-38-35-32-24-21-18-15-12-9-6-3)61-55(58)49-46-43-40-37-34-31-28-26-23-20-17-14-11-8-5-2/h7,9-10,12,16,18-21,23,25,27,52H,4-6,8,11,13-15,17,22,24,26,28-51H2,1-3H3/b10-7-,12-9-,19-16-,21-18-,23-20-,27-25-. The molecule has 1 atom stereocenters. The fraction of sp³-hybridized carbons (Fsp3) is 0.727. The van der Waals surface area contributed by atoms with Gasteiger partial charge >= 0.3 is 17.9 Å². The van der Waals surface area contributed by atoms with Crippen molar-refractivity contribution in [1.82, 2.24) is 0 Å². The van der Waals surface area contributed by atoms with Gasteiger partial charge in [0.1, 0.15) is 13.2 Å². The molecule has 0 aliphatic heterocycles. The summed E-state index contributed by atoms with van der Waals surface area (Å²) in [5.41, 5.74) is 0. The number of esters is 3. The molecule has 0 bridgehead atoms. The largest absolute Gasteiger partial charge is 0.462 e. The van der Waals surface area contributed by atoms with Crippen LogP contribution in [0.2, 0.25) is 0 Å². The molecular weight excluding hydrogens is 757 g/mol. The average Bonchev–Trinajstić information content (AvgIpc) is 3.26. The van der Waals surface area contributed by atoms with Gasteiger partial charge in [-0.2, -0.15) is 0 Å². The molecule has 6 nitrogen and oxygen atoms in total. The molecule has 61 heavy (non-hydrogen) atoms. The summed E-state index contributed by atoms with van der Waals surface area (Å²) in [4.78, 5) is 37.9. The Bertz CT molecular complexity index is 1160. The van der Waals surface area contributed by atoms with Gasteiger partial charge in [-0.15, -0.1) is 0 Å². The van der Waals surface area contributed by atoms with Gasteiger partial charge in [0.15, 0.2) is 6.10 Å². The number of unbranched alkanes of at least 4 members (excludes halogenated alkanes) is 22. The summed E-state index contributed by atoms with van der Waals surface area (Å²) < 4.78 is 16.8. The smallest absolute Gasteiger partial charge is 0.306 e. The molecule has 0 aromatic carbocycles. The lowest BCUT2D eigenvalue weighted by Gasteiger charge is -2.18. The minimum atomic E-state index is -0.788. The predicted molar refractivity (Wildman–Crippen MR) is 261 cm³/mol. The van der Waals surface area contributed by atoms with Crippen LogP contribution in [0, 0.1) is 0 Å². The molecule has 0 fully saturated rings. The zero-order valence-electron chi connectivity index (χ0n) is 39.9. The molecule has 0 aliphatic rings. The van der Waals surface area contributed by atoms with Crippen molar-refractivity contribution in [2.75, 3.05) is 13.2 Å². The monoisotopic (exact) mass is 851 g/mol. The van der Waals surface area contributed by atoms with Gasteiger partial charge in [0.2, 0.25) is 0 Å².